The highest BCUT2D eigenvalue weighted by molar-refractivity contribution is 7.80. The molecule has 0 saturated heterocycles. The van der Waals surface area contributed by atoms with Crippen LogP contribution in [-0.4, -0.2) is 59.2 Å². The van der Waals surface area contributed by atoms with Gasteiger partial charge in [0.2, 0.25) is 5.91 Å². The SMILES string of the molecule is C[C@@H](OC(C)(C)C)[C@H](NC(=O)OCC1c2ccccc2-c2ccccc21)C(=O)N[C@@H](CS)C(=O)O. The molecule has 0 fully saturated rings. The van der Waals surface area contributed by atoms with E-state index in [2.05, 4.69) is 23.3 Å². The molecule has 0 spiro atoms. The Balaban J connectivity index is 1.73. The molecule has 8 nitrogen and oxygen atoms in total. The molecule has 1 aliphatic rings. The number of carboxylic acids is 1. The first-order valence-electron chi connectivity index (χ1n) is 11.4. The van der Waals surface area contributed by atoms with E-state index in [0.29, 0.717) is 0 Å². The average molecular weight is 501 g/mol. The number of ether oxygens (including phenoxy) is 2. The van der Waals surface area contributed by atoms with Crippen molar-refractivity contribution in [3.63, 3.8) is 0 Å². The lowest BCUT2D eigenvalue weighted by molar-refractivity contribution is -0.143. The fraction of sp³-hybridized carbons (Fsp3) is 0.423. The first kappa shape index (κ1) is 26.6. The lowest BCUT2D eigenvalue weighted by atomic mass is 9.98. The van der Waals surface area contributed by atoms with Crippen LogP contribution in [-0.2, 0) is 19.1 Å². The third-order valence-corrected chi connectivity index (χ3v) is 6.07. The van der Waals surface area contributed by atoms with Crippen molar-refractivity contribution in [1.29, 1.82) is 0 Å². The molecule has 9 heteroatoms. The van der Waals surface area contributed by atoms with E-state index in [0.717, 1.165) is 22.3 Å². The highest BCUT2D eigenvalue weighted by atomic mass is 32.1. The molecule has 2 aromatic rings. The van der Waals surface area contributed by atoms with E-state index in [1.54, 1.807) is 6.92 Å². The van der Waals surface area contributed by atoms with Gasteiger partial charge in [-0.15, -0.1) is 0 Å². The topological polar surface area (TPSA) is 114 Å². The van der Waals surface area contributed by atoms with Gasteiger partial charge in [0.05, 0.1) is 11.7 Å². The zero-order valence-corrected chi connectivity index (χ0v) is 21.2. The molecule has 0 aromatic heterocycles. The highest BCUT2D eigenvalue weighted by Gasteiger charge is 2.34. The number of benzene rings is 2. The number of rotatable bonds is 9. The van der Waals surface area contributed by atoms with E-state index in [9.17, 15) is 19.5 Å². The fourth-order valence-electron chi connectivity index (χ4n) is 4.24. The third kappa shape index (κ3) is 6.55. The van der Waals surface area contributed by atoms with Gasteiger partial charge in [0.15, 0.2) is 0 Å². The van der Waals surface area contributed by atoms with Crippen molar-refractivity contribution >= 4 is 30.6 Å². The Morgan fingerprint density at radius 2 is 1.54 bits per heavy atom. The largest absolute Gasteiger partial charge is 0.480 e. The molecule has 3 rings (SSSR count). The molecule has 35 heavy (non-hydrogen) atoms. The molecule has 3 atom stereocenters. The molecule has 0 bridgehead atoms. The van der Waals surface area contributed by atoms with Crippen molar-refractivity contribution in [1.82, 2.24) is 10.6 Å². The van der Waals surface area contributed by atoms with Crippen LogP contribution < -0.4 is 10.6 Å². The maximum atomic E-state index is 12.9. The molecule has 0 saturated carbocycles. The zero-order valence-electron chi connectivity index (χ0n) is 20.3. The smallest absolute Gasteiger partial charge is 0.407 e. The number of aliphatic carboxylic acids is 1. The molecule has 2 amide bonds. The maximum Gasteiger partial charge on any atom is 0.407 e. The van der Waals surface area contributed by atoms with Crippen molar-refractivity contribution in [2.24, 2.45) is 0 Å². The number of carboxylic acid groups (broad SMARTS) is 1. The number of carbonyl (C=O) groups excluding carboxylic acids is 2. The summed E-state index contributed by atoms with van der Waals surface area (Å²) in [4.78, 5) is 37.1. The van der Waals surface area contributed by atoms with Gasteiger partial charge >= 0.3 is 12.1 Å². The second-order valence-electron chi connectivity index (χ2n) is 9.46. The number of hydrogen-bond donors (Lipinski definition) is 4. The standard InChI is InChI=1S/C26H32N2O6S/c1-15(34-26(2,3)4)22(23(29)27-21(14-35)24(30)31)28-25(32)33-13-20-18-11-7-5-9-16(18)17-10-6-8-12-19(17)20/h5-12,15,20-22,35H,13-14H2,1-4H3,(H,27,29)(H,28,32)(H,30,31)/t15-,21+,22+/m1/s1. The summed E-state index contributed by atoms with van der Waals surface area (Å²) in [5.74, 6) is -2.16. The van der Waals surface area contributed by atoms with Gasteiger partial charge in [-0.2, -0.15) is 12.6 Å². The van der Waals surface area contributed by atoms with Gasteiger partial charge in [0.25, 0.3) is 0 Å². The summed E-state index contributed by atoms with van der Waals surface area (Å²) >= 11 is 3.98. The number of fused-ring (bicyclic) bond motifs is 3. The summed E-state index contributed by atoms with van der Waals surface area (Å²) in [7, 11) is 0. The Bertz CT molecular complexity index is 1040. The van der Waals surface area contributed by atoms with Crippen molar-refractivity contribution in [3.8, 4) is 11.1 Å². The average Bonchev–Trinajstić information content (AvgIpc) is 3.11. The molecule has 0 radical (unpaired) electrons. The van der Waals surface area contributed by atoms with Crippen LogP contribution in [0.2, 0.25) is 0 Å². The van der Waals surface area contributed by atoms with Crippen LogP contribution in [0.25, 0.3) is 11.1 Å². The zero-order chi connectivity index (χ0) is 25.8. The maximum absolute atomic E-state index is 12.9. The number of hydrogen-bond acceptors (Lipinski definition) is 6. The minimum Gasteiger partial charge on any atom is -0.480 e. The van der Waals surface area contributed by atoms with E-state index in [4.69, 9.17) is 9.47 Å². The van der Waals surface area contributed by atoms with E-state index < -0.39 is 41.8 Å². The number of amides is 2. The van der Waals surface area contributed by atoms with Crippen LogP contribution in [0, 0.1) is 0 Å². The first-order chi connectivity index (χ1) is 16.5. The molecular formula is C26H32N2O6S. The van der Waals surface area contributed by atoms with E-state index in [-0.39, 0.29) is 18.3 Å². The van der Waals surface area contributed by atoms with E-state index in [1.807, 2.05) is 69.3 Å². The van der Waals surface area contributed by atoms with Crippen LogP contribution in [0.15, 0.2) is 48.5 Å². The molecular weight excluding hydrogens is 468 g/mol. The second-order valence-corrected chi connectivity index (χ2v) is 9.83. The van der Waals surface area contributed by atoms with Crippen LogP contribution in [0.4, 0.5) is 4.79 Å². The van der Waals surface area contributed by atoms with Crippen molar-refractivity contribution in [2.75, 3.05) is 12.4 Å². The Hall–Kier alpha value is -3.04. The fourth-order valence-corrected chi connectivity index (χ4v) is 4.48. The number of nitrogens with one attached hydrogen (secondary N) is 2. The second kappa shape index (κ2) is 11.1. The first-order valence-corrected chi connectivity index (χ1v) is 12.1. The Kier molecular flexibility index (Phi) is 8.45. The summed E-state index contributed by atoms with van der Waals surface area (Å²) in [6, 6.07) is 13.6. The number of carbonyl (C=O) groups is 3. The quantitative estimate of drug-likeness (QED) is 0.391. The normalized spacial score (nSPS) is 15.3. The van der Waals surface area contributed by atoms with Crippen LogP contribution in [0.5, 0.6) is 0 Å². The van der Waals surface area contributed by atoms with Gasteiger partial charge in [-0.3, -0.25) is 4.79 Å². The van der Waals surface area contributed by atoms with Gasteiger partial charge < -0.3 is 25.2 Å². The number of thiol groups is 1. The monoisotopic (exact) mass is 500 g/mol. The third-order valence-electron chi connectivity index (χ3n) is 5.71. The summed E-state index contributed by atoms with van der Waals surface area (Å²) in [6.07, 6.45) is -1.56. The summed E-state index contributed by atoms with van der Waals surface area (Å²) in [5, 5.41) is 14.2. The minimum atomic E-state index is -1.22. The van der Waals surface area contributed by atoms with Gasteiger partial charge in [-0.25, -0.2) is 9.59 Å². The van der Waals surface area contributed by atoms with Crippen molar-refractivity contribution < 1.29 is 29.0 Å². The van der Waals surface area contributed by atoms with Crippen molar-refractivity contribution in [2.45, 2.75) is 57.4 Å². The highest BCUT2D eigenvalue weighted by Crippen LogP contribution is 2.44. The predicted octanol–water partition coefficient (Wildman–Crippen LogP) is 3.60. The number of alkyl carbamates (subject to hydrolysis) is 1. The molecule has 188 valence electrons. The Morgan fingerprint density at radius 1 is 1.00 bits per heavy atom. The van der Waals surface area contributed by atoms with E-state index in [1.165, 1.54) is 0 Å². The van der Waals surface area contributed by atoms with E-state index >= 15 is 0 Å². The molecule has 0 heterocycles. The van der Waals surface area contributed by atoms with Crippen LogP contribution in [0.1, 0.15) is 44.7 Å². The molecule has 0 unspecified atom stereocenters. The van der Waals surface area contributed by atoms with Gasteiger partial charge in [0.1, 0.15) is 18.7 Å². The van der Waals surface area contributed by atoms with Gasteiger partial charge in [0, 0.05) is 11.7 Å². The Labute approximate surface area is 210 Å². The summed E-state index contributed by atoms with van der Waals surface area (Å²) in [5.41, 5.74) is 3.74. The lowest BCUT2D eigenvalue weighted by Crippen LogP contribution is -2.57. The minimum absolute atomic E-state index is 0.0805. The van der Waals surface area contributed by atoms with Crippen LogP contribution >= 0.6 is 12.6 Å². The molecule has 3 N–H and O–H groups in total. The Morgan fingerprint density at radius 3 is 2.03 bits per heavy atom. The summed E-state index contributed by atoms with van der Waals surface area (Å²) < 4.78 is 11.4. The molecule has 2 aromatic carbocycles. The van der Waals surface area contributed by atoms with Crippen LogP contribution in [0.3, 0.4) is 0 Å². The van der Waals surface area contributed by atoms with Crippen molar-refractivity contribution in [3.05, 3.63) is 59.7 Å². The van der Waals surface area contributed by atoms with Gasteiger partial charge in [-0.1, -0.05) is 48.5 Å². The summed E-state index contributed by atoms with van der Waals surface area (Å²) in [6.45, 7) is 7.17. The lowest BCUT2D eigenvalue weighted by Gasteiger charge is -2.31. The molecule has 1 aliphatic carbocycles. The predicted molar refractivity (Wildman–Crippen MR) is 136 cm³/mol. The molecule has 0 aliphatic heterocycles. The van der Waals surface area contributed by atoms with Gasteiger partial charge in [-0.05, 0) is 49.9 Å².